The van der Waals surface area contributed by atoms with Crippen molar-refractivity contribution < 1.29 is 5.11 Å². The molecule has 20 heavy (non-hydrogen) atoms. The summed E-state index contributed by atoms with van der Waals surface area (Å²) < 4.78 is 0. The minimum atomic E-state index is 0.0923. The molecular weight excluding hydrogens is 248 g/mol. The van der Waals surface area contributed by atoms with Crippen molar-refractivity contribution >= 4 is 16.6 Å². The van der Waals surface area contributed by atoms with Crippen LogP contribution < -0.4 is 5.32 Å². The van der Waals surface area contributed by atoms with E-state index in [1.165, 1.54) is 0 Å². The second kappa shape index (κ2) is 5.21. The van der Waals surface area contributed by atoms with Crippen LogP contribution in [0.25, 0.3) is 10.9 Å². The van der Waals surface area contributed by atoms with Crippen LogP contribution in [0.1, 0.15) is 18.5 Å². The van der Waals surface area contributed by atoms with Gasteiger partial charge in [0.25, 0.3) is 0 Å². The van der Waals surface area contributed by atoms with Gasteiger partial charge in [-0.05, 0) is 36.8 Å². The topological polar surface area (TPSA) is 45.2 Å². The van der Waals surface area contributed by atoms with Crippen LogP contribution in [0.3, 0.4) is 0 Å². The molecule has 2 N–H and O–H groups in total. The molecule has 3 aromatic rings. The van der Waals surface area contributed by atoms with Gasteiger partial charge in [0, 0.05) is 17.6 Å². The molecule has 0 aliphatic heterocycles. The van der Waals surface area contributed by atoms with E-state index in [2.05, 4.69) is 17.2 Å². The summed E-state index contributed by atoms with van der Waals surface area (Å²) in [6, 6.07) is 17.5. The smallest absolute Gasteiger partial charge is 0.115 e. The van der Waals surface area contributed by atoms with Crippen molar-refractivity contribution in [1.82, 2.24) is 4.98 Å². The Kier molecular flexibility index (Phi) is 3.25. The molecule has 2 aromatic carbocycles. The van der Waals surface area contributed by atoms with Gasteiger partial charge in [-0.1, -0.05) is 30.3 Å². The minimum Gasteiger partial charge on any atom is -0.508 e. The molecule has 0 radical (unpaired) electrons. The van der Waals surface area contributed by atoms with Crippen LogP contribution in [0, 0.1) is 0 Å². The number of fused-ring (bicyclic) bond motifs is 1. The molecular formula is C17H16N2O. The van der Waals surface area contributed by atoms with E-state index >= 15 is 0 Å². The zero-order chi connectivity index (χ0) is 13.9. The maximum absolute atomic E-state index is 9.56. The van der Waals surface area contributed by atoms with Gasteiger partial charge in [-0.2, -0.15) is 0 Å². The fourth-order valence-corrected chi connectivity index (χ4v) is 2.33. The van der Waals surface area contributed by atoms with Crippen LogP contribution in [0.5, 0.6) is 5.75 Å². The van der Waals surface area contributed by atoms with Crippen LogP contribution in [-0.2, 0) is 0 Å². The molecule has 0 aliphatic carbocycles. The first kappa shape index (κ1) is 12.5. The summed E-state index contributed by atoms with van der Waals surface area (Å²) in [4.78, 5) is 4.43. The Morgan fingerprint density at radius 2 is 1.85 bits per heavy atom. The first-order valence-electron chi connectivity index (χ1n) is 6.63. The molecule has 0 fully saturated rings. The second-order valence-corrected chi connectivity index (χ2v) is 4.84. The summed E-state index contributed by atoms with van der Waals surface area (Å²) in [5, 5.41) is 14.1. The monoisotopic (exact) mass is 264 g/mol. The number of aromatic hydroxyl groups is 1. The first-order valence-corrected chi connectivity index (χ1v) is 6.63. The summed E-state index contributed by atoms with van der Waals surface area (Å²) in [6.45, 7) is 2.07. The normalized spacial score (nSPS) is 12.2. The van der Waals surface area contributed by atoms with Gasteiger partial charge in [-0.3, -0.25) is 4.98 Å². The van der Waals surface area contributed by atoms with E-state index in [1.54, 1.807) is 18.3 Å². The Morgan fingerprint density at radius 1 is 1.05 bits per heavy atom. The SMILES string of the molecule is CC(Nc1cccc2cccnc12)c1cccc(O)c1. The van der Waals surface area contributed by atoms with E-state index in [4.69, 9.17) is 0 Å². The van der Waals surface area contributed by atoms with E-state index in [0.717, 1.165) is 22.2 Å². The highest BCUT2D eigenvalue weighted by Crippen LogP contribution is 2.26. The van der Waals surface area contributed by atoms with E-state index in [0.29, 0.717) is 0 Å². The number of benzene rings is 2. The zero-order valence-corrected chi connectivity index (χ0v) is 11.2. The van der Waals surface area contributed by atoms with Crippen molar-refractivity contribution in [3.63, 3.8) is 0 Å². The quantitative estimate of drug-likeness (QED) is 0.748. The molecule has 0 bridgehead atoms. The number of hydrogen-bond donors (Lipinski definition) is 2. The molecule has 1 aromatic heterocycles. The number of pyridine rings is 1. The van der Waals surface area contributed by atoms with E-state index < -0.39 is 0 Å². The number of aromatic nitrogens is 1. The number of para-hydroxylation sites is 1. The van der Waals surface area contributed by atoms with Gasteiger partial charge >= 0.3 is 0 Å². The van der Waals surface area contributed by atoms with Crippen LogP contribution >= 0.6 is 0 Å². The summed E-state index contributed by atoms with van der Waals surface area (Å²) in [6.07, 6.45) is 1.80. The highest BCUT2D eigenvalue weighted by molar-refractivity contribution is 5.90. The Morgan fingerprint density at radius 3 is 2.70 bits per heavy atom. The van der Waals surface area contributed by atoms with Crippen LogP contribution in [0.4, 0.5) is 5.69 Å². The van der Waals surface area contributed by atoms with Gasteiger partial charge in [0.2, 0.25) is 0 Å². The standard InChI is InChI=1S/C17H16N2O/c1-12(14-6-2-8-15(20)11-14)19-16-9-3-5-13-7-4-10-18-17(13)16/h2-12,19-20H,1H3. The molecule has 0 saturated heterocycles. The average molecular weight is 264 g/mol. The summed E-state index contributed by atoms with van der Waals surface area (Å²) in [7, 11) is 0. The van der Waals surface area contributed by atoms with Crippen molar-refractivity contribution in [2.75, 3.05) is 5.32 Å². The molecule has 1 unspecified atom stereocenters. The Bertz CT molecular complexity index is 734. The van der Waals surface area contributed by atoms with Crippen molar-refractivity contribution in [3.05, 3.63) is 66.4 Å². The maximum atomic E-state index is 9.56. The van der Waals surface area contributed by atoms with Gasteiger partial charge in [0.1, 0.15) is 5.75 Å². The molecule has 100 valence electrons. The molecule has 0 aliphatic rings. The molecule has 3 rings (SSSR count). The molecule has 0 amide bonds. The lowest BCUT2D eigenvalue weighted by Crippen LogP contribution is -2.07. The van der Waals surface area contributed by atoms with Gasteiger partial charge in [-0.25, -0.2) is 0 Å². The van der Waals surface area contributed by atoms with Crippen LogP contribution in [0.15, 0.2) is 60.8 Å². The highest BCUT2D eigenvalue weighted by Gasteiger charge is 2.08. The van der Waals surface area contributed by atoms with Gasteiger partial charge in [-0.15, -0.1) is 0 Å². The predicted molar refractivity (Wildman–Crippen MR) is 81.9 cm³/mol. The van der Waals surface area contributed by atoms with Crippen molar-refractivity contribution in [2.24, 2.45) is 0 Å². The number of phenolic OH excluding ortho intramolecular Hbond substituents is 1. The fourth-order valence-electron chi connectivity index (χ4n) is 2.33. The summed E-state index contributed by atoms with van der Waals surface area (Å²) in [5.74, 6) is 0.284. The van der Waals surface area contributed by atoms with Gasteiger partial charge in [0.15, 0.2) is 0 Å². The Labute approximate surface area is 117 Å². The Hall–Kier alpha value is -2.55. The molecule has 3 heteroatoms. The average Bonchev–Trinajstić information content (AvgIpc) is 2.47. The number of nitrogens with zero attached hydrogens (tertiary/aromatic N) is 1. The van der Waals surface area contributed by atoms with E-state index in [-0.39, 0.29) is 11.8 Å². The van der Waals surface area contributed by atoms with Crippen LogP contribution in [-0.4, -0.2) is 10.1 Å². The lowest BCUT2D eigenvalue weighted by molar-refractivity contribution is 0.474. The maximum Gasteiger partial charge on any atom is 0.115 e. The predicted octanol–water partition coefficient (Wildman–Crippen LogP) is 4.11. The largest absolute Gasteiger partial charge is 0.508 e. The number of rotatable bonds is 3. The van der Waals surface area contributed by atoms with Gasteiger partial charge in [0.05, 0.1) is 11.2 Å². The van der Waals surface area contributed by atoms with Crippen molar-refractivity contribution in [3.8, 4) is 5.75 Å². The molecule has 1 heterocycles. The number of hydrogen-bond acceptors (Lipinski definition) is 3. The highest BCUT2D eigenvalue weighted by atomic mass is 16.3. The van der Waals surface area contributed by atoms with E-state index in [9.17, 15) is 5.11 Å². The van der Waals surface area contributed by atoms with Crippen molar-refractivity contribution in [2.45, 2.75) is 13.0 Å². The van der Waals surface area contributed by atoms with Gasteiger partial charge < -0.3 is 10.4 Å². The summed E-state index contributed by atoms with van der Waals surface area (Å²) in [5.41, 5.74) is 3.00. The molecule has 0 spiro atoms. The lowest BCUT2D eigenvalue weighted by atomic mass is 10.1. The first-order chi connectivity index (χ1) is 9.74. The second-order valence-electron chi connectivity index (χ2n) is 4.84. The molecule has 0 saturated carbocycles. The third kappa shape index (κ3) is 2.43. The number of anilines is 1. The lowest BCUT2D eigenvalue weighted by Gasteiger charge is -2.17. The number of nitrogens with one attached hydrogen (secondary N) is 1. The third-order valence-corrected chi connectivity index (χ3v) is 3.37. The molecule has 1 atom stereocenters. The van der Waals surface area contributed by atoms with E-state index in [1.807, 2.05) is 42.5 Å². The summed E-state index contributed by atoms with van der Waals surface area (Å²) >= 11 is 0. The fraction of sp³-hybridized carbons (Fsp3) is 0.118. The zero-order valence-electron chi connectivity index (χ0n) is 11.2. The van der Waals surface area contributed by atoms with Crippen LogP contribution in [0.2, 0.25) is 0 Å². The minimum absolute atomic E-state index is 0.0923. The van der Waals surface area contributed by atoms with Crippen molar-refractivity contribution in [1.29, 1.82) is 0 Å². The Balaban J connectivity index is 1.93. The number of phenols is 1. The molecule has 3 nitrogen and oxygen atoms in total. The third-order valence-electron chi connectivity index (χ3n) is 3.37.